The van der Waals surface area contributed by atoms with Gasteiger partial charge in [-0.1, -0.05) is 0 Å². The topological polar surface area (TPSA) is 61.3 Å². The molecule has 4 rings (SSSR count). The second kappa shape index (κ2) is 9.20. The normalized spacial score (nSPS) is 17.7. The fraction of sp³-hybridized carbons (Fsp3) is 0.545. The van der Waals surface area contributed by atoms with Crippen LogP contribution in [0.15, 0.2) is 24.7 Å². The lowest BCUT2D eigenvalue weighted by Gasteiger charge is -2.27. The van der Waals surface area contributed by atoms with Gasteiger partial charge < -0.3 is 14.7 Å². The van der Waals surface area contributed by atoms with E-state index in [1.807, 2.05) is 49.7 Å². The van der Waals surface area contributed by atoms with Crippen LogP contribution in [0.1, 0.15) is 44.2 Å². The van der Waals surface area contributed by atoms with Gasteiger partial charge in [-0.2, -0.15) is 0 Å². The molecule has 0 amide bonds. The smallest absolute Gasteiger partial charge is 0.225 e. The highest BCUT2D eigenvalue weighted by Gasteiger charge is 2.18. The maximum atomic E-state index is 4.91. The van der Waals surface area contributed by atoms with Crippen molar-refractivity contribution in [3.05, 3.63) is 30.4 Å². The van der Waals surface area contributed by atoms with Crippen molar-refractivity contribution in [2.45, 2.75) is 38.5 Å². The molecule has 154 valence electrons. The Bertz CT molecular complexity index is 837. The molecule has 0 radical (unpaired) electrons. The maximum absolute atomic E-state index is 4.91. The van der Waals surface area contributed by atoms with Crippen molar-refractivity contribution in [3.8, 4) is 11.3 Å². The molecule has 29 heavy (non-hydrogen) atoms. The van der Waals surface area contributed by atoms with Gasteiger partial charge in [-0.3, -0.25) is 0 Å². The Morgan fingerprint density at radius 3 is 2.07 bits per heavy atom. The molecule has 2 aromatic rings. The number of hydrogen-bond acceptors (Lipinski definition) is 7. The average Bonchev–Trinajstić information content (AvgIpc) is 2.79. The molecule has 7 heteroatoms. The Morgan fingerprint density at radius 2 is 1.45 bits per heavy atom. The molecule has 2 aliphatic rings. The molecule has 0 aliphatic carbocycles. The minimum absolute atomic E-state index is 0.810. The summed E-state index contributed by atoms with van der Waals surface area (Å²) in [7, 11) is 4.03. The molecule has 2 fully saturated rings. The molecule has 2 aliphatic heterocycles. The number of aromatic nitrogens is 4. The van der Waals surface area contributed by atoms with Crippen LogP contribution in [-0.2, 0) is 0 Å². The molecule has 0 aromatic carbocycles. The third-order valence-electron chi connectivity index (χ3n) is 5.53. The molecule has 2 saturated heterocycles. The van der Waals surface area contributed by atoms with Gasteiger partial charge in [0.1, 0.15) is 0 Å². The van der Waals surface area contributed by atoms with Gasteiger partial charge in [0.2, 0.25) is 11.9 Å². The van der Waals surface area contributed by atoms with Crippen LogP contribution in [0.3, 0.4) is 0 Å². The van der Waals surface area contributed by atoms with E-state index in [2.05, 4.69) is 14.8 Å². The molecule has 0 unspecified atom stereocenters. The predicted octanol–water partition coefficient (Wildman–Crippen LogP) is 3.45. The van der Waals surface area contributed by atoms with Gasteiger partial charge >= 0.3 is 0 Å². The van der Waals surface area contributed by atoms with E-state index in [1.165, 1.54) is 38.5 Å². The summed E-state index contributed by atoms with van der Waals surface area (Å²) in [4.78, 5) is 25.6. The molecule has 0 spiro atoms. The van der Waals surface area contributed by atoms with Crippen LogP contribution in [0.25, 0.3) is 17.3 Å². The van der Waals surface area contributed by atoms with Crippen LogP contribution >= 0.6 is 0 Å². The first-order chi connectivity index (χ1) is 14.2. The van der Waals surface area contributed by atoms with E-state index in [1.54, 1.807) is 0 Å². The van der Waals surface area contributed by atoms with Crippen LogP contribution in [0, 0.1) is 0 Å². The SMILES string of the molecule is CN(C)/C=C/c1nc(N2CCCCC2)ncc1-c1ccnc(N2CCCCC2)n1. The van der Waals surface area contributed by atoms with Crippen LogP contribution in [0.4, 0.5) is 11.9 Å². The van der Waals surface area contributed by atoms with E-state index in [0.29, 0.717) is 0 Å². The predicted molar refractivity (Wildman–Crippen MR) is 118 cm³/mol. The van der Waals surface area contributed by atoms with Crippen LogP contribution in [-0.4, -0.2) is 65.1 Å². The highest BCUT2D eigenvalue weighted by atomic mass is 15.3. The number of anilines is 2. The third kappa shape index (κ3) is 4.83. The zero-order chi connectivity index (χ0) is 20.1. The largest absolute Gasteiger partial charge is 0.383 e. The highest BCUT2D eigenvalue weighted by Crippen LogP contribution is 2.26. The van der Waals surface area contributed by atoms with Crippen LogP contribution < -0.4 is 9.80 Å². The molecule has 0 atom stereocenters. The summed E-state index contributed by atoms with van der Waals surface area (Å²) in [5.41, 5.74) is 2.73. The minimum atomic E-state index is 0.810. The summed E-state index contributed by atoms with van der Waals surface area (Å²) >= 11 is 0. The lowest BCUT2D eigenvalue weighted by atomic mass is 10.1. The molecular weight excluding hydrogens is 362 g/mol. The van der Waals surface area contributed by atoms with Crippen molar-refractivity contribution in [3.63, 3.8) is 0 Å². The van der Waals surface area contributed by atoms with Gasteiger partial charge in [0.05, 0.1) is 11.4 Å². The summed E-state index contributed by atoms with van der Waals surface area (Å²) in [5.74, 6) is 1.63. The summed E-state index contributed by atoms with van der Waals surface area (Å²) in [6, 6.07) is 1.96. The van der Waals surface area contributed by atoms with Crippen LogP contribution in [0.5, 0.6) is 0 Å². The zero-order valence-corrected chi connectivity index (χ0v) is 17.6. The third-order valence-corrected chi connectivity index (χ3v) is 5.53. The average molecular weight is 394 g/mol. The van der Waals surface area contributed by atoms with Crippen molar-refractivity contribution < 1.29 is 0 Å². The summed E-state index contributed by atoms with van der Waals surface area (Å²) < 4.78 is 0. The first kappa shape index (κ1) is 19.6. The first-order valence-corrected chi connectivity index (χ1v) is 10.8. The Balaban J connectivity index is 1.68. The van der Waals surface area contributed by atoms with Crippen LogP contribution in [0.2, 0.25) is 0 Å². The fourth-order valence-corrected chi connectivity index (χ4v) is 3.92. The second-order valence-corrected chi connectivity index (χ2v) is 8.09. The fourth-order valence-electron chi connectivity index (χ4n) is 3.92. The Kier molecular flexibility index (Phi) is 6.22. The van der Waals surface area contributed by atoms with Crippen molar-refractivity contribution in [1.29, 1.82) is 0 Å². The summed E-state index contributed by atoms with van der Waals surface area (Å²) in [6.45, 7) is 4.12. The van der Waals surface area contributed by atoms with E-state index in [4.69, 9.17) is 15.0 Å². The van der Waals surface area contributed by atoms with Gasteiger partial charge in [-0.15, -0.1) is 0 Å². The van der Waals surface area contributed by atoms with E-state index in [-0.39, 0.29) is 0 Å². The quantitative estimate of drug-likeness (QED) is 0.771. The summed E-state index contributed by atoms with van der Waals surface area (Å²) in [6.07, 6.45) is 15.3. The molecule has 0 N–H and O–H groups in total. The molecule has 0 bridgehead atoms. The van der Waals surface area contributed by atoms with Gasteiger partial charge in [0.25, 0.3) is 0 Å². The van der Waals surface area contributed by atoms with Gasteiger partial charge in [0.15, 0.2) is 0 Å². The van der Waals surface area contributed by atoms with Crippen molar-refractivity contribution >= 4 is 18.0 Å². The standard InChI is InChI=1S/C22H31N7/c1-27(2)16-10-20-18(17-24-22(26-20)29-14-7-4-8-15-29)19-9-11-23-21(25-19)28-12-5-3-6-13-28/h9-11,16-17H,3-8,12-15H2,1-2H3/b16-10+. The summed E-state index contributed by atoms with van der Waals surface area (Å²) in [5, 5.41) is 0. The Hall–Kier alpha value is -2.70. The number of rotatable bonds is 5. The van der Waals surface area contributed by atoms with E-state index < -0.39 is 0 Å². The lowest BCUT2D eigenvalue weighted by Crippen LogP contribution is -2.31. The monoisotopic (exact) mass is 393 g/mol. The molecular formula is C22H31N7. The van der Waals surface area contributed by atoms with Gasteiger partial charge in [-0.25, -0.2) is 19.9 Å². The van der Waals surface area contributed by atoms with E-state index in [0.717, 1.165) is 55.0 Å². The maximum Gasteiger partial charge on any atom is 0.225 e. The number of nitrogens with zero attached hydrogens (tertiary/aromatic N) is 7. The van der Waals surface area contributed by atoms with Crippen molar-refractivity contribution in [2.75, 3.05) is 50.1 Å². The zero-order valence-electron chi connectivity index (χ0n) is 17.6. The second-order valence-electron chi connectivity index (χ2n) is 8.09. The van der Waals surface area contributed by atoms with Crippen molar-refractivity contribution in [2.24, 2.45) is 0 Å². The van der Waals surface area contributed by atoms with Gasteiger partial charge in [-0.05, 0) is 50.7 Å². The van der Waals surface area contributed by atoms with E-state index >= 15 is 0 Å². The molecule has 4 heterocycles. The number of piperidine rings is 2. The Labute approximate surface area is 173 Å². The lowest BCUT2D eigenvalue weighted by molar-refractivity contribution is 0.565. The molecule has 2 aromatic heterocycles. The van der Waals surface area contributed by atoms with Crippen molar-refractivity contribution in [1.82, 2.24) is 24.8 Å². The molecule has 0 saturated carbocycles. The van der Waals surface area contributed by atoms with Gasteiger partial charge in [0, 0.05) is 64.4 Å². The Morgan fingerprint density at radius 1 is 0.828 bits per heavy atom. The van der Waals surface area contributed by atoms with E-state index in [9.17, 15) is 0 Å². The first-order valence-electron chi connectivity index (χ1n) is 10.8. The molecule has 7 nitrogen and oxygen atoms in total. The highest BCUT2D eigenvalue weighted by molar-refractivity contribution is 5.71. The minimum Gasteiger partial charge on any atom is -0.383 e. The number of hydrogen-bond donors (Lipinski definition) is 0.